The highest BCUT2D eigenvalue weighted by Gasteiger charge is 2.16. The van der Waals surface area contributed by atoms with Gasteiger partial charge in [-0.2, -0.15) is 0 Å². The quantitative estimate of drug-likeness (QED) is 0.832. The van der Waals surface area contributed by atoms with Crippen molar-refractivity contribution < 1.29 is 4.74 Å². The Labute approximate surface area is 132 Å². The maximum Gasteiger partial charge on any atom is 0.123 e. The van der Waals surface area contributed by atoms with Crippen LogP contribution >= 0.6 is 11.6 Å². The molecule has 0 aliphatic heterocycles. The molecule has 0 aromatic heterocycles. The maximum atomic E-state index is 6.26. The number of rotatable bonds is 5. The molecule has 0 aliphatic rings. The summed E-state index contributed by atoms with van der Waals surface area (Å²) in [5.74, 6) is 0.918. The molecule has 2 aromatic carbocycles. The van der Waals surface area contributed by atoms with Crippen molar-refractivity contribution >= 4 is 11.6 Å². The Morgan fingerprint density at radius 2 is 1.67 bits per heavy atom. The third-order valence-corrected chi connectivity index (χ3v) is 4.07. The van der Waals surface area contributed by atoms with Gasteiger partial charge in [0.15, 0.2) is 0 Å². The van der Waals surface area contributed by atoms with Crippen LogP contribution in [0.3, 0.4) is 0 Å². The second-order valence-corrected chi connectivity index (χ2v) is 5.78. The van der Waals surface area contributed by atoms with Crippen LogP contribution in [0.25, 0.3) is 0 Å². The van der Waals surface area contributed by atoms with Crippen LogP contribution in [-0.4, -0.2) is 7.11 Å². The Morgan fingerprint density at radius 1 is 1.00 bits per heavy atom. The van der Waals surface area contributed by atoms with Crippen molar-refractivity contribution in [2.24, 2.45) is 0 Å². The molecule has 0 spiro atoms. The van der Waals surface area contributed by atoms with Crippen LogP contribution in [0.2, 0.25) is 5.02 Å². The van der Waals surface area contributed by atoms with Gasteiger partial charge in [-0.15, -0.1) is 0 Å². The largest absolute Gasteiger partial charge is 0.496 e. The first-order chi connectivity index (χ1) is 10.0. The maximum absolute atomic E-state index is 6.26. The van der Waals surface area contributed by atoms with E-state index in [9.17, 15) is 0 Å². The summed E-state index contributed by atoms with van der Waals surface area (Å²) in [6, 6.07) is 14.6. The summed E-state index contributed by atoms with van der Waals surface area (Å²) in [4.78, 5) is 0. The van der Waals surface area contributed by atoms with Gasteiger partial charge in [0.05, 0.1) is 7.11 Å². The molecular weight excluding hydrogens is 282 g/mol. The summed E-state index contributed by atoms with van der Waals surface area (Å²) < 4.78 is 5.49. The number of nitrogens with one attached hydrogen (secondary N) is 1. The Balaban J connectivity index is 2.18. The molecule has 0 bridgehead atoms. The van der Waals surface area contributed by atoms with Crippen LogP contribution in [0.5, 0.6) is 5.75 Å². The van der Waals surface area contributed by atoms with Crippen LogP contribution < -0.4 is 10.1 Å². The normalized spacial score (nSPS) is 13.8. The lowest BCUT2D eigenvalue weighted by Gasteiger charge is -2.23. The first-order valence-corrected chi connectivity index (χ1v) is 7.55. The summed E-state index contributed by atoms with van der Waals surface area (Å²) in [6.45, 7) is 6.33. The Hall–Kier alpha value is -1.51. The molecule has 3 heteroatoms. The molecule has 21 heavy (non-hydrogen) atoms. The first-order valence-electron chi connectivity index (χ1n) is 7.18. The average Bonchev–Trinajstić information content (AvgIpc) is 2.47. The fourth-order valence-electron chi connectivity index (χ4n) is 2.56. The number of benzene rings is 2. The van der Waals surface area contributed by atoms with Gasteiger partial charge in [-0.1, -0.05) is 41.9 Å². The highest BCUT2D eigenvalue weighted by atomic mass is 35.5. The minimum Gasteiger partial charge on any atom is -0.496 e. The lowest BCUT2D eigenvalue weighted by Crippen LogP contribution is -2.23. The standard InChI is InChI=1S/C18H22ClNO/c1-12-9-10-16(18(11-12)21-4)14(3)20-13(2)15-7-5-6-8-17(15)19/h5-11,13-14,20H,1-4H3/t13-,14?/m0/s1. The van der Waals surface area contributed by atoms with Gasteiger partial charge in [-0.25, -0.2) is 0 Å². The summed E-state index contributed by atoms with van der Waals surface area (Å²) in [5.41, 5.74) is 3.46. The molecular formula is C18H22ClNO. The van der Waals surface area contributed by atoms with Crippen molar-refractivity contribution in [2.75, 3.05) is 7.11 Å². The first kappa shape index (κ1) is 15.9. The predicted molar refractivity (Wildman–Crippen MR) is 89.1 cm³/mol. The van der Waals surface area contributed by atoms with E-state index in [4.69, 9.17) is 16.3 Å². The van der Waals surface area contributed by atoms with Gasteiger partial charge in [0.25, 0.3) is 0 Å². The number of hydrogen-bond donors (Lipinski definition) is 1. The minimum absolute atomic E-state index is 0.166. The van der Waals surface area contributed by atoms with E-state index in [-0.39, 0.29) is 12.1 Å². The van der Waals surface area contributed by atoms with Crippen LogP contribution in [0.4, 0.5) is 0 Å². The molecule has 1 unspecified atom stereocenters. The van der Waals surface area contributed by atoms with E-state index < -0.39 is 0 Å². The van der Waals surface area contributed by atoms with E-state index in [1.807, 2.05) is 18.2 Å². The summed E-state index contributed by atoms with van der Waals surface area (Å²) in [7, 11) is 1.71. The predicted octanol–water partition coefficient (Wildman–Crippen LogP) is 5.07. The highest BCUT2D eigenvalue weighted by molar-refractivity contribution is 6.31. The molecule has 0 saturated heterocycles. The molecule has 2 atom stereocenters. The third-order valence-electron chi connectivity index (χ3n) is 3.73. The van der Waals surface area contributed by atoms with Crippen LogP contribution in [-0.2, 0) is 0 Å². The molecule has 2 aromatic rings. The SMILES string of the molecule is COc1cc(C)ccc1C(C)N[C@@H](C)c1ccccc1Cl. The van der Waals surface area contributed by atoms with E-state index >= 15 is 0 Å². The summed E-state index contributed by atoms with van der Waals surface area (Å²) in [6.07, 6.45) is 0. The van der Waals surface area contributed by atoms with Crippen molar-refractivity contribution in [3.05, 3.63) is 64.2 Å². The van der Waals surface area contributed by atoms with E-state index in [1.165, 1.54) is 5.56 Å². The lowest BCUT2D eigenvalue weighted by atomic mass is 10.0. The van der Waals surface area contributed by atoms with Crippen molar-refractivity contribution in [1.82, 2.24) is 5.32 Å². The fourth-order valence-corrected chi connectivity index (χ4v) is 2.86. The fraction of sp³-hybridized carbons (Fsp3) is 0.333. The smallest absolute Gasteiger partial charge is 0.123 e. The van der Waals surface area contributed by atoms with Gasteiger partial charge in [-0.05, 0) is 44.0 Å². The Morgan fingerprint density at radius 3 is 2.33 bits per heavy atom. The van der Waals surface area contributed by atoms with Crippen LogP contribution in [0.15, 0.2) is 42.5 Å². The molecule has 2 rings (SSSR count). The lowest BCUT2D eigenvalue weighted by molar-refractivity contribution is 0.396. The summed E-state index contributed by atoms with van der Waals surface area (Å²) in [5, 5.41) is 4.38. The van der Waals surface area contributed by atoms with Gasteiger partial charge >= 0.3 is 0 Å². The van der Waals surface area contributed by atoms with Crippen molar-refractivity contribution in [1.29, 1.82) is 0 Å². The summed E-state index contributed by atoms with van der Waals surface area (Å²) >= 11 is 6.26. The van der Waals surface area contributed by atoms with Crippen molar-refractivity contribution in [2.45, 2.75) is 32.9 Å². The molecule has 1 N–H and O–H groups in total. The molecule has 0 radical (unpaired) electrons. The van der Waals surface area contributed by atoms with Gasteiger partial charge in [0, 0.05) is 22.7 Å². The van der Waals surface area contributed by atoms with Crippen molar-refractivity contribution in [3.8, 4) is 5.75 Å². The molecule has 112 valence electrons. The number of aryl methyl sites for hydroxylation is 1. The topological polar surface area (TPSA) is 21.3 Å². The van der Waals surface area contributed by atoms with Crippen LogP contribution in [0.1, 0.15) is 42.6 Å². The highest BCUT2D eigenvalue weighted by Crippen LogP contribution is 2.29. The Kier molecular flexibility index (Phi) is 5.27. The second-order valence-electron chi connectivity index (χ2n) is 5.38. The minimum atomic E-state index is 0.166. The molecule has 0 heterocycles. The third kappa shape index (κ3) is 3.78. The van der Waals surface area contributed by atoms with E-state index in [1.54, 1.807) is 7.11 Å². The van der Waals surface area contributed by atoms with Gasteiger partial charge in [-0.3, -0.25) is 0 Å². The van der Waals surface area contributed by atoms with Gasteiger partial charge in [0.1, 0.15) is 5.75 Å². The molecule has 0 fully saturated rings. The second kappa shape index (κ2) is 6.97. The molecule has 0 aliphatic carbocycles. The number of ether oxygens (including phenoxy) is 1. The van der Waals surface area contributed by atoms with Crippen molar-refractivity contribution in [3.63, 3.8) is 0 Å². The average molecular weight is 304 g/mol. The van der Waals surface area contributed by atoms with Gasteiger partial charge < -0.3 is 10.1 Å². The van der Waals surface area contributed by atoms with E-state index in [0.717, 1.165) is 21.9 Å². The number of halogens is 1. The zero-order valence-corrected chi connectivity index (χ0v) is 13.7. The van der Waals surface area contributed by atoms with E-state index in [0.29, 0.717) is 0 Å². The zero-order chi connectivity index (χ0) is 15.4. The van der Waals surface area contributed by atoms with E-state index in [2.05, 4.69) is 50.4 Å². The monoisotopic (exact) mass is 303 g/mol. The van der Waals surface area contributed by atoms with Crippen LogP contribution in [0, 0.1) is 6.92 Å². The molecule has 0 saturated carbocycles. The number of hydrogen-bond acceptors (Lipinski definition) is 2. The van der Waals surface area contributed by atoms with Gasteiger partial charge in [0.2, 0.25) is 0 Å². The Bertz CT molecular complexity index is 612. The number of methoxy groups -OCH3 is 1. The molecule has 2 nitrogen and oxygen atoms in total. The zero-order valence-electron chi connectivity index (χ0n) is 13.0. The molecule has 0 amide bonds.